The van der Waals surface area contributed by atoms with Gasteiger partial charge >= 0.3 is 6.18 Å². The van der Waals surface area contributed by atoms with Crippen molar-refractivity contribution in [1.29, 1.82) is 0 Å². The maximum Gasteiger partial charge on any atom is 0.422 e. The highest BCUT2D eigenvalue weighted by molar-refractivity contribution is 5.79. The first-order valence-corrected chi connectivity index (χ1v) is 9.69. The Labute approximate surface area is 169 Å². The molecule has 0 bridgehead atoms. The van der Waals surface area contributed by atoms with Gasteiger partial charge in [0, 0.05) is 44.0 Å². The van der Waals surface area contributed by atoms with Crippen molar-refractivity contribution in [2.75, 3.05) is 46.0 Å². The summed E-state index contributed by atoms with van der Waals surface area (Å²) in [5, 5.41) is 6.54. The summed E-state index contributed by atoms with van der Waals surface area (Å²) in [6, 6.07) is 3.17. The van der Waals surface area contributed by atoms with Crippen LogP contribution in [0.1, 0.15) is 26.3 Å². The van der Waals surface area contributed by atoms with E-state index in [4.69, 9.17) is 9.47 Å². The minimum atomic E-state index is -4.40. The van der Waals surface area contributed by atoms with Crippen molar-refractivity contribution < 1.29 is 22.6 Å². The summed E-state index contributed by atoms with van der Waals surface area (Å²) in [7, 11) is 0. The molecule has 2 heterocycles. The maximum absolute atomic E-state index is 12.3. The van der Waals surface area contributed by atoms with E-state index in [1.165, 1.54) is 12.3 Å². The summed E-state index contributed by atoms with van der Waals surface area (Å²) < 4.78 is 47.0. The average molecular weight is 417 g/mol. The van der Waals surface area contributed by atoms with E-state index in [1.54, 1.807) is 6.07 Å². The van der Waals surface area contributed by atoms with Gasteiger partial charge in [0.15, 0.2) is 12.6 Å². The highest BCUT2D eigenvalue weighted by Crippen LogP contribution is 2.18. The number of aliphatic imine (C=N–C) groups is 1. The molecule has 1 saturated heterocycles. The molecule has 0 aromatic carbocycles. The molecule has 0 unspecified atom stereocenters. The molecule has 0 radical (unpaired) electrons. The van der Waals surface area contributed by atoms with Gasteiger partial charge in [-0.15, -0.1) is 0 Å². The lowest BCUT2D eigenvalue weighted by Crippen LogP contribution is -2.56. The van der Waals surface area contributed by atoms with Crippen LogP contribution in [0.15, 0.2) is 23.3 Å². The molecule has 2 N–H and O–H groups in total. The Hall–Kier alpha value is -2.07. The molecule has 164 valence electrons. The Morgan fingerprint density at radius 3 is 2.66 bits per heavy atom. The van der Waals surface area contributed by atoms with Gasteiger partial charge in [0.25, 0.3) is 0 Å². The molecule has 0 saturated carbocycles. The summed E-state index contributed by atoms with van der Waals surface area (Å²) in [5.41, 5.74) is 0.636. The van der Waals surface area contributed by atoms with Gasteiger partial charge in [-0.05, 0) is 32.4 Å². The van der Waals surface area contributed by atoms with Crippen LogP contribution >= 0.6 is 0 Å². The normalized spacial score (nSPS) is 16.6. The Morgan fingerprint density at radius 1 is 1.28 bits per heavy atom. The monoisotopic (exact) mass is 417 g/mol. The van der Waals surface area contributed by atoms with Crippen molar-refractivity contribution in [2.45, 2.75) is 39.0 Å². The quantitative estimate of drug-likeness (QED) is 0.499. The number of hydrogen-bond donors (Lipinski definition) is 2. The zero-order chi connectivity index (χ0) is 21.3. The first-order chi connectivity index (χ1) is 13.7. The van der Waals surface area contributed by atoms with E-state index < -0.39 is 12.8 Å². The summed E-state index contributed by atoms with van der Waals surface area (Å²) in [4.78, 5) is 10.7. The molecule has 1 aromatic rings. The van der Waals surface area contributed by atoms with Crippen LogP contribution in [0.25, 0.3) is 0 Å². The van der Waals surface area contributed by atoms with Crippen LogP contribution in [-0.2, 0) is 11.3 Å². The second-order valence-electron chi connectivity index (χ2n) is 7.37. The molecular formula is C19H30F3N5O2. The molecule has 10 heteroatoms. The average Bonchev–Trinajstić information content (AvgIpc) is 2.69. The lowest BCUT2D eigenvalue weighted by Gasteiger charge is -2.41. The second kappa shape index (κ2) is 10.6. The number of guanidine groups is 1. The molecule has 1 aliphatic heterocycles. The van der Waals surface area contributed by atoms with Gasteiger partial charge in [-0.2, -0.15) is 13.2 Å². The minimum absolute atomic E-state index is 0.0681. The van der Waals surface area contributed by atoms with Crippen LogP contribution < -0.4 is 15.4 Å². The summed E-state index contributed by atoms with van der Waals surface area (Å²) >= 11 is 0. The third-order valence-corrected chi connectivity index (χ3v) is 4.50. The van der Waals surface area contributed by atoms with Gasteiger partial charge in [-0.1, -0.05) is 0 Å². The number of rotatable bonds is 8. The van der Waals surface area contributed by atoms with Crippen molar-refractivity contribution in [3.8, 4) is 5.88 Å². The fraction of sp³-hybridized carbons (Fsp3) is 0.684. The number of nitrogens with zero attached hydrogens (tertiary/aromatic N) is 3. The molecular weight excluding hydrogens is 387 g/mol. The molecule has 1 fully saturated rings. The lowest BCUT2D eigenvalue weighted by molar-refractivity contribution is -0.154. The Balaban J connectivity index is 1.94. The Bertz CT molecular complexity index is 661. The van der Waals surface area contributed by atoms with Gasteiger partial charge in [-0.3, -0.25) is 4.90 Å². The first-order valence-electron chi connectivity index (χ1n) is 9.69. The highest BCUT2D eigenvalue weighted by Gasteiger charge is 2.29. The molecule has 0 amide bonds. The third-order valence-electron chi connectivity index (χ3n) is 4.50. The molecule has 2 rings (SSSR count). The number of alkyl halides is 3. The van der Waals surface area contributed by atoms with Crippen LogP contribution in [-0.4, -0.2) is 73.6 Å². The fourth-order valence-corrected chi connectivity index (χ4v) is 2.88. The number of morpholine rings is 1. The third kappa shape index (κ3) is 8.45. The van der Waals surface area contributed by atoms with Gasteiger partial charge in [0.05, 0.1) is 19.8 Å². The van der Waals surface area contributed by atoms with Gasteiger partial charge in [0.2, 0.25) is 5.88 Å². The number of pyridine rings is 1. The van der Waals surface area contributed by atoms with Crippen molar-refractivity contribution in [2.24, 2.45) is 4.99 Å². The zero-order valence-corrected chi connectivity index (χ0v) is 17.2. The molecule has 0 aliphatic carbocycles. The molecule has 1 aromatic heterocycles. The number of halogens is 3. The van der Waals surface area contributed by atoms with Crippen molar-refractivity contribution in [3.05, 3.63) is 23.9 Å². The van der Waals surface area contributed by atoms with Crippen LogP contribution in [0.2, 0.25) is 0 Å². The Kier molecular flexibility index (Phi) is 8.51. The van der Waals surface area contributed by atoms with Gasteiger partial charge in [-0.25, -0.2) is 9.98 Å². The van der Waals surface area contributed by atoms with E-state index in [-0.39, 0.29) is 18.0 Å². The predicted molar refractivity (Wildman–Crippen MR) is 105 cm³/mol. The smallest absolute Gasteiger partial charge is 0.422 e. The molecule has 29 heavy (non-hydrogen) atoms. The topological polar surface area (TPSA) is 71.0 Å². The Morgan fingerprint density at radius 2 is 2.00 bits per heavy atom. The van der Waals surface area contributed by atoms with Crippen LogP contribution in [0.4, 0.5) is 13.2 Å². The lowest BCUT2D eigenvalue weighted by atomic mass is 10.0. The van der Waals surface area contributed by atoms with Crippen molar-refractivity contribution in [1.82, 2.24) is 20.5 Å². The van der Waals surface area contributed by atoms with E-state index in [0.717, 1.165) is 26.3 Å². The summed E-state index contributed by atoms with van der Waals surface area (Å²) in [6.45, 7) is 9.86. The SMILES string of the molecule is CCNC(=NCc1ccnc(OCC(F)(F)F)c1)NCC(C)(C)N1CCOCC1. The summed E-state index contributed by atoms with van der Waals surface area (Å²) in [5.74, 6) is 0.574. The number of ether oxygens (including phenoxy) is 2. The fourth-order valence-electron chi connectivity index (χ4n) is 2.88. The van der Waals surface area contributed by atoms with Crippen LogP contribution in [0, 0.1) is 0 Å². The van der Waals surface area contributed by atoms with Gasteiger partial charge in [0.1, 0.15) is 0 Å². The van der Waals surface area contributed by atoms with Crippen LogP contribution in [0.5, 0.6) is 5.88 Å². The number of nitrogens with one attached hydrogen (secondary N) is 2. The van der Waals surface area contributed by atoms with E-state index in [2.05, 4.69) is 39.4 Å². The maximum atomic E-state index is 12.3. The van der Waals surface area contributed by atoms with E-state index in [1.807, 2.05) is 6.92 Å². The number of aromatic nitrogens is 1. The van der Waals surface area contributed by atoms with E-state index in [0.29, 0.717) is 24.6 Å². The summed E-state index contributed by atoms with van der Waals surface area (Å²) in [6.07, 6.45) is -2.98. The molecule has 0 atom stereocenters. The second-order valence-corrected chi connectivity index (χ2v) is 7.37. The van der Waals surface area contributed by atoms with Crippen molar-refractivity contribution >= 4 is 5.96 Å². The number of hydrogen-bond acceptors (Lipinski definition) is 5. The standard InChI is InChI=1S/C19H30F3N5O2/c1-4-23-17(26-13-18(2,3)27-7-9-28-10-8-27)25-12-15-5-6-24-16(11-15)29-14-19(20,21)22/h5-6,11H,4,7-10,12-14H2,1-3H3,(H2,23,25,26). The largest absolute Gasteiger partial charge is 0.468 e. The molecule has 7 nitrogen and oxygen atoms in total. The van der Waals surface area contributed by atoms with Crippen LogP contribution in [0.3, 0.4) is 0 Å². The van der Waals surface area contributed by atoms with Gasteiger partial charge < -0.3 is 20.1 Å². The predicted octanol–water partition coefficient (Wildman–Crippen LogP) is 2.19. The highest BCUT2D eigenvalue weighted by atomic mass is 19.4. The van der Waals surface area contributed by atoms with E-state index >= 15 is 0 Å². The van der Waals surface area contributed by atoms with E-state index in [9.17, 15) is 13.2 Å². The molecule has 0 spiro atoms. The minimum Gasteiger partial charge on any atom is -0.468 e. The zero-order valence-electron chi connectivity index (χ0n) is 17.2. The van der Waals surface area contributed by atoms with Crippen molar-refractivity contribution in [3.63, 3.8) is 0 Å². The molecule has 1 aliphatic rings. The first kappa shape index (κ1) is 23.2.